The molecule has 156 valence electrons. The average Bonchev–Trinajstić information content (AvgIpc) is 2.72. The van der Waals surface area contributed by atoms with Gasteiger partial charge in [0.25, 0.3) is 5.69 Å². The predicted molar refractivity (Wildman–Crippen MR) is 107 cm³/mol. The molecule has 2 rings (SSSR count). The molecule has 0 N–H and O–H groups in total. The number of benzene rings is 1. The van der Waals surface area contributed by atoms with Gasteiger partial charge in [-0.25, -0.2) is 9.59 Å². The Labute approximate surface area is 169 Å². The quantitative estimate of drug-likeness (QED) is 0.390. The number of nitro groups is 1. The van der Waals surface area contributed by atoms with Crippen LogP contribution in [0.1, 0.15) is 45.1 Å². The van der Waals surface area contributed by atoms with Crippen molar-refractivity contribution in [2.45, 2.75) is 39.5 Å². The highest BCUT2D eigenvalue weighted by atomic mass is 16.6. The monoisotopic (exact) mass is 402 g/mol. The Morgan fingerprint density at radius 1 is 1.07 bits per heavy atom. The summed E-state index contributed by atoms with van der Waals surface area (Å²) in [6.07, 6.45) is 1.76. The Kier molecular flexibility index (Phi) is 7.14. The van der Waals surface area contributed by atoms with Gasteiger partial charge in [0.2, 0.25) is 0 Å². The van der Waals surface area contributed by atoms with Crippen LogP contribution >= 0.6 is 0 Å². The molecule has 1 aromatic rings. The number of rotatable bonds is 7. The van der Waals surface area contributed by atoms with E-state index in [9.17, 15) is 19.7 Å². The number of nitro benzene ring substituents is 1. The first kappa shape index (κ1) is 22.1. The second-order valence-electron chi connectivity index (χ2n) is 6.74. The first-order valence-electron chi connectivity index (χ1n) is 9.39. The number of esters is 2. The van der Waals surface area contributed by atoms with Gasteiger partial charge in [0.05, 0.1) is 36.2 Å². The number of hydrogen-bond donors (Lipinski definition) is 0. The average molecular weight is 402 g/mol. The lowest BCUT2D eigenvalue weighted by molar-refractivity contribution is -0.385. The van der Waals surface area contributed by atoms with Crippen LogP contribution in [0.5, 0.6) is 0 Å². The summed E-state index contributed by atoms with van der Waals surface area (Å²) in [5, 5.41) is 11.7. The molecule has 0 saturated carbocycles. The van der Waals surface area contributed by atoms with Crippen molar-refractivity contribution in [1.29, 1.82) is 0 Å². The van der Waals surface area contributed by atoms with Gasteiger partial charge < -0.3 is 14.4 Å². The predicted octanol–water partition coefficient (Wildman–Crippen LogP) is 3.69. The smallest absolute Gasteiger partial charge is 0.336 e. The van der Waals surface area contributed by atoms with Crippen LogP contribution in [0.25, 0.3) is 0 Å². The summed E-state index contributed by atoms with van der Waals surface area (Å²) in [5.41, 5.74) is 1.68. The zero-order chi connectivity index (χ0) is 21.7. The molecule has 8 heteroatoms. The van der Waals surface area contributed by atoms with Gasteiger partial charge in [0.15, 0.2) is 0 Å². The van der Waals surface area contributed by atoms with E-state index in [1.807, 2.05) is 11.8 Å². The van der Waals surface area contributed by atoms with Crippen molar-refractivity contribution in [2.24, 2.45) is 0 Å². The topological polar surface area (TPSA) is 99.0 Å². The van der Waals surface area contributed by atoms with Crippen molar-refractivity contribution < 1.29 is 24.0 Å². The van der Waals surface area contributed by atoms with E-state index in [-0.39, 0.29) is 22.4 Å². The molecule has 0 spiro atoms. The van der Waals surface area contributed by atoms with E-state index < -0.39 is 22.8 Å². The van der Waals surface area contributed by atoms with Crippen molar-refractivity contribution in [1.82, 2.24) is 4.90 Å². The Balaban J connectivity index is 2.85. The van der Waals surface area contributed by atoms with Gasteiger partial charge in [-0.15, -0.1) is 0 Å². The summed E-state index contributed by atoms with van der Waals surface area (Å²) < 4.78 is 9.99. The van der Waals surface area contributed by atoms with E-state index in [0.29, 0.717) is 17.9 Å². The maximum Gasteiger partial charge on any atom is 0.336 e. The van der Waals surface area contributed by atoms with Gasteiger partial charge in [0.1, 0.15) is 0 Å². The first-order chi connectivity index (χ1) is 13.8. The maximum absolute atomic E-state index is 12.8. The van der Waals surface area contributed by atoms with Crippen LogP contribution in [0, 0.1) is 10.1 Å². The normalized spacial score (nSPS) is 14.9. The van der Waals surface area contributed by atoms with Crippen LogP contribution < -0.4 is 0 Å². The molecule has 1 aromatic carbocycles. The second-order valence-corrected chi connectivity index (χ2v) is 6.74. The highest BCUT2D eigenvalue weighted by molar-refractivity contribution is 6.00. The fourth-order valence-corrected chi connectivity index (χ4v) is 3.72. The Morgan fingerprint density at radius 2 is 1.59 bits per heavy atom. The van der Waals surface area contributed by atoms with E-state index in [1.165, 1.54) is 20.3 Å². The maximum atomic E-state index is 12.8. The number of ether oxygens (including phenoxy) is 2. The molecule has 0 aliphatic carbocycles. The SMILES string of the molecule is CCCCN1C(C)=C(C(=O)OC)C(c2ccccc2[N+](=O)[O-])C(C(=O)OC)=C1C. The molecule has 29 heavy (non-hydrogen) atoms. The first-order valence-corrected chi connectivity index (χ1v) is 9.39. The summed E-state index contributed by atoms with van der Waals surface area (Å²) in [4.78, 5) is 38.6. The fraction of sp³-hybridized carbons (Fsp3) is 0.429. The third-order valence-electron chi connectivity index (χ3n) is 5.16. The molecule has 1 heterocycles. The van der Waals surface area contributed by atoms with Gasteiger partial charge in [-0.2, -0.15) is 0 Å². The third-order valence-corrected chi connectivity index (χ3v) is 5.16. The summed E-state index contributed by atoms with van der Waals surface area (Å²) in [6.45, 7) is 6.17. The molecule has 0 bridgehead atoms. The van der Waals surface area contributed by atoms with Crippen molar-refractivity contribution >= 4 is 17.6 Å². The molecule has 0 unspecified atom stereocenters. The molecule has 1 aliphatic rings. The minimum absolute atomic E-state index is 0.178. The fourth-order valence-electron chi connectivity index (χ4n) is 3.72. The van der Waals surface area contributed by atoms with E-state index in [4.69, 9.17) is 9.47 Å². The van der Waals surface area contributed by atoms with Crippen LogP contribution in [0.15, 0.2) is 46.8 Å². The van der Waals surface area contributed by atoms with Crippen molar-refractivity contribution in [3.05, 3.63) is 62.5 Å². The lowest BCUT2D eigenvalue weighted by atomic mass is 9.79. The highest BCUT2D eigenvalue weighted by Gasteiger charge is 2.42. The van der Waals surface area contributed by atoms with Crippen LogP contribution in [-0.4, -0.2) is 42.5 Å². The lowest BCUT2D eigenvalue weighted by Crippen LogP contribution is -2.35. The van der Waals surface area contributed by atoms with E-state index in [0.717, 1.165) is 12.8 Å². The number of allylic oxidation sites excluding steroid dienone is 2. The molecular formula is C21H26N2O6. The standard InChI is InChI=1S/C21H26N2O6/c1-6-7-12-22-13(2)17(20(24)28-4)19(18(14(22)3)21(25)29-5)15-10-8-9-11-16(15)23(26)27/h8-11,19H,6-7,12H2,1-5H3. The zero-order valence-corrected chi connectivity index (χ0v) is 17.4. The minimum atomic E-state index is -0.964. The molecule has 0 saturated heterocycles. The van der Waals surface area contributed by atoms with Gasteiger partial charge in [0, 0.05) is 29.6 Å². The van der Waals surface area contributed by atoms with Gasteiger partial charge in [-0.3, -0.25) is 10.1 Å². The molecule has 0 aromatic heterocycles. The summed E-state index contributed by atoms with van der Waals surface area (Å²) in [6, 6.07) is 6.09. The molecule has 1 aliphatic heterocycles. The highest BCUT2D eigenvalue weighted by Crippen LogP contribution is 2.45. The zero-order valence-electron chi connectivity index (χ0n) is 17.4. The molecular weight excluding hydrogens is 376 g/mol. The molecule has 8 nitrogen and oxygen atoms in total. The lowest BCUT2D eigenvalue weighted by Gasteiger charge is -2.37. The van der Waals surface area contributed by atoms with Crippen LogP contribution in [-0.2, 0) is 19.1 Å². The number of para-hydroxylation sites is 1. The molecule has 0 atom stereocenters. The molecule has 0 radical (unpaired) electrons. The number of methoxy groups -OCH3 is 2. The van der Waals surface area contributed by atoms with Crippen molar-refractivity contribution in [2.75, 3.05) is 20.8 Å². The van der Waals surface area contributed by atoms with E-state index >= 15 is 0 Å². The van der Waals surface area contributed by atoms with Crippen molar-refractivity contribution in [3.63, 3.8) is 0 Å². The van der Waals surface area contributed by atoms with Gasteiger partial charge in [-0.1, -0.05) is 31.5 Å². The van der Waals surface area contributed by atoms with Crippen molar-refractivity contribution in [3.8, 4) is 0 Å². The van der Waals surface area contributed by atoms with Crippen LogP contribution in [0.4, 0.5) is 5.69 Å². The number of carbonyl (C=O) groups excluding carboxylic acids is 2. The second kappa shape index (κ2) is 9.36. The number of nitrogens with zero attached hydrogens (tertiary/aromatic N) is 2. The molecule has 0 amide bonds. The van der Waals surface area contributed by atoms with Gasteiger partial charge >= 0.3 is 11.9 Å². The number of carbonyl (C=O) groups is 2. The largest absolute Gasteiger partial charge is 0.466 e. The number of hydrogen-bond acceptors (Lipinski definition) is 7. The van der Waals surface area contributed by atoms with E-state index in [2.05, 4.69) is 0 Å². The molecule has 0 fully saturated rings. The Bertz CT molecular complexity index is 847. The summed E-state index contributed by atoms with van der Waals surface area (Å²) in [5.74, 6) is -2.24. The Morgan fingerprint density at radius 3 is 2.03 bits per heavy atom. The van der Waals surface area contributed by atoms with E-state index in [1.54, 1.807) is 32.0 Å². The third kappa shape index (κ3) is 4.16. The summed E-state index contributed by atoms with van der Waals surface area (Å²) >= 11 is 0. The summed E-state index contributed by atoms with van der Waals surface area (Å²) in [7, 11) is 2.50. The minimum Gasteiger partial charge on any atom is -0.466 e. The Hall–Kier alpha value is -3.16. The van der Waals surface area contributed by atoms with Gasteiger partial charge in [-0.05, 0) is 20.3 Å². The number of unbranched alkanes of at least 4 members (excludes halogenated alkanes) is 1. The van der Waals surface area contributed by atoms with Crippen LogP contribution in [0.3, 0.4) is 0 Å². The van der Waals surface area contributed by atoms with Crippen LogP contribution in [0.2, 0.25) is 0 Å².